The van der Waals surface area contributed by atoms with Crippen molar-refractivity contribution in [3.05, 3.63) is 18.0 Å². The first-order valence-corrected chi connectivity index (χ1v) is 10.9. The van der Waals surface area contributed by atoms with E-state index in [1.54, 1.807) is 0 Å². The Morgan fingerprint density at radius 2 is 1.82 bits per heavy atom. The molecule has 3 saturated heterocycles. The number of anilines is 1. The molecule has 0 saturated carbocycles. The molecule has 28 heavy (non-hydrogen) atoms. The summed E-state index contributed by atoms with van der Waals surface area (Å²) >= 11 is 0. The molecule has 0 unspecified atom stereocenters. The lowest BCUT2D eigenvalue weighted by Gasteiger charge is -2.37. The van der Waals surface area contributed by atoms with E-state index < -0.39 is 0 Å². The van der Waals surface area contributed by atoms with Crippen LogP contribution in [0.25, 0.3) is 0 Å². The molecule has 0 bridgehead atoms. The zero-order valence-corrected chi connectivity index (χ0v) is 17.3. The maximum Gasteiger partial charge on any atom is 0.410 e. The van der Waals surface area contributed by atoms with Gasteiger partial charge in [-0.1, -0.05) is 13.3 Å². The Bertz CT molecular complexity index is 666. The zero-order chi connectivity index (χ0) is 19.6. The molecule has 154 valence electrons. The Morgan fingerprint density at radius 3 is 2.46 bits per heavy atom. The molecule has 7 nitrogen and oxygen atoms in total. The predicted octanol–water partition coefficient (Wildman–Crippen LogP) is 3.05. The van der Waals surface area contributed by atoms with Crippen molar-refractivity contribution < 1.29 is 9.53 Å². The van der Waals surface area contributed by atoms with Gasteiger partial charge in [-0.05, 0) is 26.2 Å². The Kier molecular flexibility index (Phi) is 5.71. The molecular weight excluding hydrogens is 354 g/mol. The number of aromatic nitrogens is 2. The topological polar surface area (TPSA) is 61.8 Å². The summed E-state index contributed by atoms with van der Waals surface area (Å²) in [6, 6.07) is 0.265. The summed E-state index contributed by atoms with van der Waals surface area (Å²) in [7, 11) is 0. The molecule has 1 aromatic rings. The minimum absolute atomic E-state index is 0.125. The van der Waals surface area contributed by atoms with E-state index >= 15 is 0 Å². The van der Waals surface area contributed by atoms with Gasteiger partial charge in [-0.2, -0.15) is 0 Å². The molecule has 0 N–H and O–H groups in total. The van der Waals surface area contributed by atoms with Gasteiger partial charge in [-0.3, -0.25) is 4.90 Å². The van der Waals surface area contributed by atoms with E-state index in [1.807, 2.05) is 17.3 Å². The van der Waals surface area contributed by atoms with Crippen LogP contribution in [0.5, 0.6) is 0 Å². The van der Waals surface area contributed by atoms with Crippen molar-refractivity contribution in [2.45, 2.75) is 70.6 Å². The zero-order valence-electron chi connectivity index (χ0n) is 17.3. The lowest BCUT2D eigenvalue weighted by atomic mass is 9.91. The van der Waals surface area contributed by atoms with E-state index in [-0.39, 0.29) is 17.7 Å². The van der Waals surface area contributed by atoms with Gasteiger partial charge in [0.1, 0.15) is 5.60 Å². The van der Waals surface area contributed by atoms with Gasteiger partial charge in [0.05, 0.1) is 6.54 Å². The summed E-state index contributed by atoms with van der Waals surface area (Å²) in [5.41, 5.74) is 0.867. The maximum atomic E-state index is 12.3. The van der Waals surface area contributed by atoms with Gasteiger partial charge in [-0.25, -0.2) is 14.8 Å². The number of piperidine rings is 1. The number of nitrogens with zero attached hydrogens (tertiary/aromatic N) is 5. The number of carbonyl (C=O) groups is 1. The van der Waals surface area contributed by atoms with Crippen molar-refractivity contribution in [1.29, 1.82) is 0 Å². The highest BCUT2D eigenvalue weighted by molar-refractivity contribution is 5.71. The van der Waals surface area contributed by atoms with Crippen molar-refractivity contribution in [3.63, 3.8) is 0 Å². The molecule has 3 aliphatic heterocycles. The normalized spacial score (nSPS) is 23.4. The van der Waals surface area contributed by atoms with Crippen LogP contribution in [0.3, 0.4) is 0 Å². The molecule has 1 spiro atoms. The van der Waals surface area contributed by atoms with Gasteiger partial charge < -0.3 is 14.5 Å². The van der Waals surface area contributed by atoms with Crippen LogP contribution in [0.2, 0.25) is 0 Å². The van der Waals surface area contributed by atoms with E-state index in [1.165, 1.54) is 12.8 Å². The summed E-state index contributed by atoms with van der Waals surface area (Å²) in [5.74, 6) is 0.859. The molecule has 4 rings (SSSR count). The quantitative estimate of drug-likeness (QED) is 0.748. The van der Waals surface area contributed by atoms with E-state index in [9.17, 15) is 4.79 Å². The summed E-state index contributed by atoms with van der Waals surface area (Å²) in [6.07, 6.45) is 10.2. The standard InChI is InChI=1S/C21H33N5O2/c1-3-6-17(2)26-16-21(28-20(26)27)7-11-24(12-8-21)15-18-13-22-19(23-14-18)25-9-4-5-10-25/h13-14,17H,3-12,15-16H2,1-2H3/t17-/m0/s1. The maximum absolute atomic E-state index is 12.3. The van der Waals surface area contributed by atoms with Crippen molar-refractivity contribution in [1.82, 2.24) is 19.8 Å². The van der Waals surface area contributed by atoms with Crippen LogP contribution in [0.1, 0.15) is 57.9 Å². The first-order chi connectivity index (χ1) is 13.6. The Labute approximate surface area is 168 Å². The molecule has 0 aromatic carbocycles. The first-order valence-electron chi connectivity index (χ1n) is 10.9. The lowest BCUT2D eigenvalue weighted by Crippen LogP contribution is -2.47. The van der Waals surface area contributed by atoms with Crippen molar-refractivity contribution in [2.75, 3.05) is 37.6 Å². The fourth-order valence-corrected chi connectivity index (χ4v) is 4.71. The molecule has 4 heterocycles. The third kappa shape index (κ3) is 4.09. The third-order valence-corrected chi connectivity index (χ3v) is 6.49. The highest BCUT2D eigenvalue weighted by Gasteiger charge is 2.47. The van der Waals surface area contributed by atoms with Gasteiger partial charge in [0.15, 0.2) is 0 Å². The molecule has 1 amide bonds. The average Bonchev–Trinajstić information content (AvgIpc) is 3.33. The van der Waals surface area contributed by atoms with Gasteiger partial charge in [-0.15, -0.1) is 0 Å². The Morgan fingerprint density at radius 1 is 1.14 bits per heavy atom. The van der Waals surface area contributed by atoms with Gasteiger partial charge in [0.2, 0.25) is 5.95 Å². The van der Waals surface area contributed by atoms with Crippen LogP contribution in [-0.4, -0.2) is 70.2 Å². The largest absolute Gasteiger partial charge is 0.441 e. The van der Waals surface area contributed by atoms with Gasteiger partial charge >= 0.3 is 6.09 Å². The van der Waals surface area contributed by atoms with Crippen LogP contribution in [-0.2, 0) is 11.3 Å². The second-order valence-electron chi connectivity index (χ2n) is 8.68. The highest BCUT2D eigenvalue weighted by Crippen LogP contribution is 2.35. The number of amides is 1. The highest BCUT2D eigenvalue weighted by atomic mass is 16.6. The molecule has 0 radical (unpaired) electrons. The van der Waals surface area contributed by atoms with Crippen LogP contribution < -0.4 is 4.90 Å². The second-order valence-corrected chi connectivity index (χ2v) is 8.68. The monoisotopic (exact) mass is 387 g/mol. The van der Waals surface area contributed by atoms with Gasteiger partial charge in [0, 0.05) is 69.6 Å². The number of likely N-dealkylation sites (tertiary alicyclic amines) is 1. The summed E-state index contributed by atoms with van der Waals surface area (Å²) in [6.45, 7) is 9.92. The van der Waals surface area contributed by atoms with Gasteiger partial charge in [0.25, 0.3) is 0 Å². The lowest BCUT2D eigenvalue weighted by molar-refractivity contribution is -0.00135. The van der Waals surface area contributed by atoms with Crippen molar-refractivity contribution in [3.8, 4) is 0 Å². The van der Waals surface area contributed by atoms with E-state index in [0.29, 0.717) is 0 Å². The minimum Gasteiger partial charge on any atom is -0.441 e. The Balaban J connectivity index is 1.29. The van der Waals surface area contributed by atoms with E-state index in [2.05, 4.69) is 33.6 Å². The smallest absolute Gasteiger partial charge is 0.410 e. The molecule has 1 aromatic heterocycles. The van der Waals surface area contributed by atoms with E-state index in [4.69, 9.17) is 4.74 Å². The fourth-order valence-electron chi connectivity index (χ4n) is 4.71. The summed E-state index contributed by atoms with van der Waals surface area (Å²) in [5, 5.41) is 0. The molecule has 7 heteroatoms. The number of hydrogen-bond acceptors (Lipinski definition) is 6. The fraction of sp³-hybridized carbons (Fsp3) is 0.762. The second kappa shape index (κ2) is 8.23. The van der Waals surface area contributed by atoms with Crippen LogP contribution in [0, 0.1) is 0 Å². The SMILES string of the molecule is CCC[C@H](C)N1CC2(CCN(Cc3cnc(N4CCCC4)nc3)CC2)OC1=O. The third-order valence-electron chi connectivity index (χ3n) is 6.49. The Hall–Kier alpha value is -1.89. The van der Waals surface area contributed by atoms with Crippen molar-refractivity contribution in [2.24, 2.45) is 0 Å². The molecule has 1 atom stereocenters. The molecule has 3 aliphatic rings. The number of carbonyl (C=O) groups excluding carboxylic acids is 1. The predicted molar refractivity (Wildman–Crippen MR) is 108 cm³/mol. The molecule has 3 fully saturated rings. The molecule has 0 aliphatic carbocycles. The van der Waals surface area contributed by atoms with Crippen LogP contribution in [0.4, 0.5) is 10.7 Å². The summed E-state index contributed by atoms with van der Waals surface area (Å²) < 4.78 is 5.87. The number of rotatable bonds is 6. The average molecular weight is 388 g/mol. The van der Waals surface area contributed by atoms with Crippen molar-refractivity contribution >= 4 is 12.0 Å². The number of hydrogen-bond donors (Lipinski definition) is 0. The first kappa shape index (κ1) is 19.4. The van der Waals surface area contributed by atoms with E-state index in [0.717, 1.165) is 76.5 Å². The minimum atomic E-state index is -0.286. The summed E-state index contributed by atoms with van der Waals surface area (Å²) in [4.78, 5) is 28.1. The molecular formula is C21H33N5O2. The van der Waals surface area contributed by atoms with Crippen LogP contribution in [0.15, 0.2) is 12.4 Å². The number of ether oxygens (including phenoxy) is 1. The van der Waals surface area contributed by atoms with Crippen LogP contribution >= 0.6 is 0 Å².